The molecule has 2 N–H and O–H groups in total. The van der Waals surface area contributed by atoms with Crippen LogP contribution in [0.2, 0.25) is 0 Å². The molecule has 2 rings (SSSR count). The molecular weight excluding hydrogens is 290 g/mol. The summed E-state index contributed by atoms with van der Waals surface area (Å²) in [5.74, 6) is 0.552. The van der Waals surface area contributed by atoms with Gasteiger partial charge in [-0.3, -0.25) is 4.79 Å². The molecule has 0 spiro atoms. The highest BCUT2D eigenvalue weighted by Gasteiger charge is 2.07. The van der Waals surface area contributed by atoms with E-state index < -0.39 is 0 Å². The van der Waals surface area contributed by atoms with Crippen molar-refractivity contribution in [3.05, 3.63) is 53.2 Å². The molecule has 0 bridgehead atoms. The average Bonchev–Trinajstić information content (AvgIpc) is 2.56. The van der Waals surface area contributed by atoms with Gasteiger partial charge in [-0.1, -0.05) is 12.1 Å². The Morgan fingerprint density at radius 3 is 2.87 bits per heavy atom. The van der Waals surface area contributed by atoms with Gasteiger partial charge in [-0.2, -0.15) is 0 Å². The molecule has 122 valence electrons. The smallest absolute Gasteiger partial charge is 0.251 e. The number of benzene rings is 1. The van der Waals surface area contributed by atoms with Gasteiger partial charge in [0.25, 0.3) is 5.91 Å². The van der Waals surface area contributed by atoms with Crippen molar-refractivity contribution in [2.45, 2.75) is 20.3 Å². The van der Waals surface area contributed by atoms with E-state index in [1.807, 2.05) is 12.1 Å². The number of anilines is 2. The van der Waals surface area contributed by atoms with Crippen LogP contribution in [0.5, 0.6) is 0 Å². The average molecular weight is 313 g/mol. The summed E-state index contributed by atoms with van der Waals surface area (Å²) in [6, 6.07) is 9.53. The number of aryl methyl sites for hydroxylation is 1. The number of nitrogens with one attached hydrogen (secondary N) is 2. The number of ether oxygens (including phenoxy) is 1. The summed E-state index contributed by atoms with van der Waals surface area (Å²) in [5, 5.41) is 6.14. The lowest BCUT2D eigenvalue weighted by atomic mass is 10.1. The molecule has 0 fully saturated rings. The van der Waals surface area contributed by atoms with Crippen molar-refractivity contribution in [2.75, 3.05) is 25.6 Å². The minimum absolute atomic E-state index is 0.104. The molecule has 0 unspecified atom stereocenters. The minimum Gasteiger partial charge on any atom is -0.385 e. The maximum absolute atomic E-state index is 12.1. The lowest BCUT2D eigenvalue weighted by Crippen LogP contribution is -2.25. The third-order valence-corrected chi connectivity index (χ3v) is 3.70. The number of aromatic nitrogens is 1. The number of amides is 1. The standard InChI is InChI=1S/C18H23N3O2/c1-13-6-4-7-16(14(13)2)21-17-12-15(8-10-19-17)18(22)20-9-5-11-23-3/h4,6-8,10,12H,5,9,11H2,1-3H3,(H,19,21)(H,20,22). The van der Waals surface area contributed by atoms with Crippen LogP contribution in [0.25, 0.3) is 0 Å². The summed E-state index contributed by atoms with van der Waals surface area (Å²) in [6.45, 7) is 5.35. The van der Waals surface area contributed by atoms with E-state index in [0.717, 1.165) is 12.1 Å². The van der Waals surface area contributed by atoms with Crippen LogP contribution in [-0.2, 0) is 4.74 Å². The predicted molar refractivity (Wildman–Crippen MR) is 92.3 cm³/mol. The third kappa shape index (κ3) is 4.79. The molecule has 0 atom stereocenters. The Morgan fingerprint density at radius 1 is 1.26 bits per heavy atom. The molecule has 1 heterocycles. The summed E-state index contributed by atoms with van der Waals surface area (Å²) in [6.07, 6.45) is 2.43. The molecule has 0 saturated heterocycles. The summed E-state index contributed by atoms with van der Waals surface area (Å²) < 4.78 is 4.96. The fourth-order valence-corrected chi connectivity index (χ4v) is 2.19. The van der Waals surface area contributed by atoms with Crippen molar-refractivity contribution < 1.29 is 9.53 Å². The molecule has 1 amide bonds. The Balaban J connectivity index is 2.04. The van der Waals surface area contributed by atoms with Crippen LogP contribution in [0.3, 0.4) is 0 Å². The summed E-state index contributed by atoms with van der Waals surface area (Å²) >= 11 is 0. The van der Waals surface area contributed by atoms with E-state index >= 15 is 0 Å². The van der Waals surface area contributed by atoms with Gasteiger partial charge < -0.3 is 15.4 Å². The number of carbonyl (C=O) groups excluding carboxylic acids is 1. The van der Waals surface area contributed by atoms with Crippen LogP contribution in [-0.4, -0.2) is 31.2 Å². The second kappa shape index (κ2) is 8.29. The van der Waals surface area contributed by atoms with E-state index in [1.165, 1.54) is 11.1 Å². The van der Waals surface area contributed by atoms with Crippen molar-refractivity contribution in [3.63, 3.8) is 0 Å². The van der Waals surface area contributed by atoms with Gasteiger partial charge in [0.2, 0.25) is 0 Å². The monoisotopic (exact) mass is 313 g/mol. The van der Waals surface area contributed by atoms with Gasteiger partial charge in [-0.25, -0.2) is 4.98 Å². The van der Waals surface area contributed by atoms with Gasteiger partial charge in [-0.15, -0.1) is 0 Å². The molecule has 0 aliphatic carbocycles. The van der Waals surface area contributed by atoms with Crippen molar-refractivity contribution in [1.29, 1.82) is 0 Å². The lowest BCUT2D eigenvalue weighted by Gasteiger charge is -2.11. The number of hydrogen-bond donors (Lipinski definition) is 2. The summed E-state index contributed by atoms with van der Waals surface area (Å²) in [4.78, 5) is 16.4. The van der Waals surface area contributed by atoms with Crippen LogP contribution >= 0.6 is 0 Å². The second-order valence-corrected chi connectivity index (χ2v) is 5.40. The Bertz CT molecular complexity index is 671. The van der Waals surface area contributed by atoms with E-state index in [-0.39, 0.29) is 5.91 Å². The van der Waals surface area contributed by atoms with Gasteiger partial charge in [0.05, 0.1) is 0 Å². The van der Waals surface area contributed by atoms with Gasteiger partial charge in [-0.05, 0) is 49.6 Å². The highest BCUT2D eigenvalue weighted by atomic mass is 16.5. The molecule has 1 aromatic carbocycles. The zero-order valence-electron chi connectivity index (χ0n) is 13.8. The molecule has 0 radical (unpaired) electrons. The lowest BCUT2D eigenvalue weighted by molar-refractivity contribution is 0.0948. The van der Waals surface area contributed by atoms with Gasteiger partial charge in [0.1, 0.15) is 5.82 Å². The first-order valence-corrected chi connectivity index (χ1v) is 7.68. The zero-order valence-corrected chi connectivity index (χ0v) is 13.8. The predicted octanol–water partition coefficient (Wildman–Crippen LogP) is 3.21. The van der Waals surface area contributed by atoms with Crippen molar-refractivity contribution in [3.8, 4) is 0 Å². The quantitative estimate of drug-likeness (QED) is 0.771. The Labute approximate surface area is 137 Å². The SMILES string of the molecule is COCCCNC(=O)c1ccnc(Nc2cccc(C)c2C)c1. The number of nitrogens with zero attached hydrogens (tertiary/aromatic N) is 1. The summed E-state index contributed by atoms with van der Waals surface area (Å²) in [5.41, 5.74) is 3.96. The fraction of sp³-hybridized carbons (Fsp3) is 0.333. The molecule has 23 heavy (non-hydrogen) atoms. The number of pyridine rings is 1. The van der Waals surface area contributed by atoms with Crippen LogP contribution in [0, 0.1) is 13.8 Å². The van der Waals surface area contributed by atoms with E-state index in [0.29, 0.717) is 24.5 Å². The van der Waals surface area contributed by atoms with Crippen molar-refractivity contribution in [2.24, 2.45) is 0 Å². The second-order valence-electron chi connectivity index (χ2n) is 5.40. The Kier molecular flexibility index (Phi) is 6.11. The first kappa shape index (κ1) is 17.0. The van der Waals surface area contributed by atoms with E-state index in [9.17, 15) is 4.79 Å². The highest BCUT2D eigenvalue weighted by Crippen LogP contribution is 2.22. The third-order valence-electron chi connectivity index (χ3n) is 3.70. The first-order valence-electron chi connectivity index (χ1n) is 7.68. The van der Waals surface area contributed by atoms with Crippen LogP contribution in [0.1, 0.15) is 27.9 Å². The zero-order chi connectivity index (χ0) is 16.7. The maximum Gasteiger partial charge on any atom is 0.251 e. The molecule has 5 heteroatoms. The molecular formula is C18H23N3O2. The topological polar surface area (TPSA) is 63.2 Å². The Morgan fingerprint density at radius 2 is 2.09 bits per heavy atom. The van der Waals surface area contributed by atoms with E-state index in [4.69, 9.17) is 4.74 Å². The first-order chi connectivity index (χ1) is 11.1. The molecule has 2 aromatic rings. The van der Waals surface area contributed by atoms with Crippen molar-refractivity contribution >= 4 is 17.4 Å². The molecule has 1 aromatic heterocycles. The maximum atomic E-state index is 12.1. The number of carbonyl (C=O) groups is 1. The van der Waals surface area contributed by atoms with E-state index in [2.05, 4.69) is 35.5 Å². The number of hydrogen-bond acceptors (Lipinski definition) is 4. The minimum atomic E-state index is -0.104. The number of methoxy groups -OCH3 is 1. The van der Waals surface area contributed by atoms with Gasteiger partial charge in [0, 0.05) is 37.7 Å². The summed E-state index contributed by atoms with van der Waals surface area (Å²) in [7, 11) is 1.65. The Hall–Kier alpha value is -2.40. The normalized spacial score (nSPS) is 10.4. The van der Waals surface area contributed by atoms with Crippen LogP contribution < -0.4 is 10.6 Å². The van der Waals surface area contributed by atoms with Crippen LogP contribution in [0.15, 0.2) is 36.5 Å². The van der Waals surface area contributed by atoms with Gasteiger partial charge >= 0.3 is 0 Å². The largest absolute Gasteiger partial charge is 0.385 e. The number of rotatable bonds is 7. The van der Waals surface area contributed by atoms with Gasteiger partial charge in [0.15, 0.2) is 0 Å². The van der Waals surface area contributed by atoms with Crippen LogP contribution in [0.4, 0.5) is 11.5 Å². The molecule has 0 saturated carbocycles. The fourth-order valence-electron chi connectivity index (χ4n) is 2.19. The van der Waals surface area contributed by atoms with Crippen molar-refractivity contribution in [1.82, 2.24) is 10.3 Å². The molecule has 5 nitrogen and oxygen atoms in total. The highest BCUT2D eigenvalue weighted by molar-refractivity contribution is 5.94. The van der Waals surface area contributed by atoms with E-state index in [1.54, 1.807) is 25.4 Å². The molecule has 0 aliphatic rings. The molecule has 0 aliphatic heterocycles.